The monoisotopic (exact) mass is 282 g/mol. The van der Waals surface area contributed by atoms with Gasteiger partial charge in [-0.05, 0) is 32.9 Å². The second kappa shape index (κ2) is 5.25. The van der Waals surface area contributed by atoms with Gasteiger partial charge in [-0.2, -0.15) is 5.26 Å². The highest BCUT2D eigenvalue weighted by Gasteiger charge is 2.25. The maximum absolute atomic E-state index is 9.05. The number of nitrogen functional groups attached to an aromatic ring is 1. The molecule has 0 unspecified atom stereocenters. The van der Waals surface area contributed by atoms with E-state index in [9.17, 15) is 0 Å². The first-order chi connectivity index (χ1) is 9.75. The number of nitriles is 1. The molecule has 0 spiro atoms. The second-order valence-electron chi connectivity index (χ2n) is 6.56. The molecular formula is C17H22N4. The van der Waals surface area contributed by atoms with Crippen LogP contribution in [0.25, 0.3) is 11.3 Å². The van der Waals surface area contributed by atoms with Gasteiger partial charge in [0.15, 0.2) is 0 Å². The summed E-state index contributed by atoms with van der Waals surface area (Å²) in [5.41, 5.74) is 8.49. The Balaban J connectivity index is 2.69. The van der Waals surface area contributed by atoms with Gasteiger partial charge in [-0.15, -0.1) is 0 Å². The molecule has 2 rings (SSSR count). The van der Waals surface area contributed by atoms with Crippen LogP contribution in [0.3, 0.4) is 0 Å². The van der Waals surface area contributed by atoms with Crippen molar-refractivity contribution in [1.29, 1.82) is 5.26 Å². The topological polar surface area (TPSA) is 67.6 Å². The fourth-order valence-corrected chi connectivity index (χ4v) is 2.49. The minimum atomic E-state index is -0.137. The lowest BCUT2D eigenvalue weighted by Gasteiger charge is -2.26. The van der Waals surface area contributed by atoms with Crippen LogP contribution in [-0.2, 0) is 5.54 Å². The molecule has 1 aromatic carbocycles. The van der Waals surface area contributed by atoms with Crippen molar-refractivity contribution in [2.45, 2.75) is 46.1 Å². The van der Waals surface area contributed by atoms with E-state index in [1.54, 1.807) is 6.07 Å². The van der Waals surface area contributed by atoms with Gasteiger partial charge in [0, 0.05) is 17.0 Å². The smallest absolute Gasteiger partial charge is 0.132 e. The summed E-state index contributed by atoms with van der Waals surface area (Å²) in [5, 5.41) is 9.05. The Morgan fingerprint density at radius 3 is 2.43 bits per heavy atom. The lowest BCUT2D eigenvalue weighted by molar-refractivity contribution is 0.382. The summed E-state index contributed by atoms with van der Waals surface area (Å²) in [6.07, 6.45) is 0. The Morgan fingerprint density at radius 1 is 1.29 bits per heavy atom. The van der Waals surface area contributed by atoms with Gasteiger partial charge in [-0.1, -0.05) is 26.0 Å². The van der Waals surface area contributed by atoms with Gasteiger partial charge in [0.25, 0.3) is 0 Å². The molecule has 21 heavy (non-hydrogen) atoms. The SMILES string of the molecule is CC(C)c1nc(-c2cccc(C#N)c2)c(N)n1C(C)(C)C. The van der Waals surface area contributed by atoms with Crippen LogP contribution in [0.4, 0.5) is 5.82 Å². The Kier molecular flexibility index (Phi) is 3.78. The van der Waals surface area contributed by atoms with Crippen molar-refractivity contribution in [2.24, 2.45) is 0 Å². The summed E-state index contributed by atoms with van der Waals surface area (Å²) in [4.78, 5) is 4.75. The number of rotatable bonds is 2. The number of benzene rings is 1. The number of nitrogens with two attached hydrogens (primary N) is 1. The predicted molar refractivity (Wildman–Crippen MR) is 85.9 cm³/mol. The van der Waals surface area contributed by atoms with Crippen molar-refractivity contribution in [3.63, 3.8) is 0 Å². The van der Waals surface area contributed by atoms with Crippen molar-refractivity contribution < 1.29 is 0 Å². The molecule has 0 saturated carbocycles. The highest BCUT2D eigenvalue weighted by atomic mass is 15.2. The first kappa shape index (κ1) is 15.1. The lowest BCUT2D eigenvalue weighted by Crippen LogP contribution is -2.26. The summed E-state index contributed by atoms with van der Waals surface area (Å²) >= 11 is 0. The van der Waals surface area contributed by atoms with Crippen molar-refractivity contribution in [1.82, 2.24) is 9.55 Å². The third kappa shape index (κ3) is 2.78. The van der Waals surface area contributed by atoms with Gasteiger partial charge in [0.1, 0.15) is 17.3 Å². The molecule has 4 nitrogen and oxygen atoms in total. The van der Waals surface area contributed by atoms with Crippen LogP contribution in [0.15, 0.2) is 24.3 Å². The summed E-state index contributed by atoms with van der Waals surface area (Å²) in [6, 6.07) is 9.57. The lowest BCUT2D eigenvalue weighted by atomic mass is 10.1. The van der Waals surface area contributed by atoms with Crippen LogP contribution in [-0.4, -0.2) is 9.55 Å². The van der Waals surface area contributed by atoms with E-state index < -0.39 is 0 Å². The molecule has 0 aliphatic carbocycles. The van der Waals surface area contributed by atoms with Crippen molar-refractivity contribution >= 4 is 5.82 Å². The predicted octanol–water partition coefficient (Wildman–Crippen LogP) is 3.88. The second-order valence-corrected chi connectivity index (χ2v) is 6.56. The third-order valence-corrected chi connectivity index (χ3v) is 3.39. The summed E-state index contributed by atoms with van der Waals surface area (Å²) in [6.45, 7) is 10.6. The summed E-state index contributed by atoms with van der Waals surface area (Å²) in [5.74, 6) is 1.90. The van der Waals surface area contributed by atoms with Crippen LogP contribution < -0.4 is 5.73 Å². The molecule has 0 aliphatic heterocycles. The summed E-state index contributed by atoms with van der Waals surface area (Å²) in [7, 11) is 0. The molecule has 4 heteroatoms. The Hall–Kier alpha value is -2.28. The molecule has 0 aliphatic rings. The van der Waals surface area contributed by atoms with E-state index in [0.717, 1.165) is 17.1 Å². The van der Waals surface area contributed by atoms with Crippen molar-refractivity contribution in [3.8, 4) is 17.3 Å². The Labute approximate surface area is 126 Å². The van der Waals surface area contributed by atoms with Gasteiger partial charge in [-0.25, -0.2) is 4.98 Å². The van der Waals surface area contributed by atoms with E-state index in [0.29, 0.717) is 11.4 Å². The van der Waals surface area contributed by atoms with E-state index >= 15 is 0 Å². The molecule has 1 aromatic heterocycles. The van der Waals surface area contributed by atoms with Gasteiger partial charge in [0.2, 0.25) is 0 Å². The first-order valence-corrected chi connectivity index (χ1v) is 7.15. The Morgan fingerprint density at radius 2 is 1.95 bits per heavy atom. The number of nitrogens with zero attached hydrogens (tertiary/aromatic N) is 3. The average molecular weight is 282 g/mol. The Bertz CT molecular complexity index is 697. The number of aromatic nitrogens is 2. The molecule has 0 bridgehead atoms. The molecule has 2 aromatic rings. The molecule has 0 saturated heterocycles. The first-order valence-electron chi connectivity index (χ1n) is 7.15. The minimum Gasteiger partial charge on any atom is -0.383 e. The van der Waals surface area contributed by atoms with Crippen molar-refractivity contribution in [3.05, 3.63) is 35.7 Å². The minimum absolute atomic E-state index is 0.137. The van der Waals surface area contributed by atoms with Gasteiger partial charge >= 0.3 is 0 Å². The standard InChI is InChI=1S/C17H22N4/c1-11(2)16-20-14(15(19)21(16)17(3,4)5)13-8-6-7-12(9-13)10-18/h6-9,11H,19H2,1-5H3. The van der Waals surface area contributed by atoms with Crippen molar-refractivity contribution in [2.75, 3.05) is 5.73 Å². The number of anilines is 1. The van der Waals surface area contributed by atoms with Gasteiger partial charge in [-0.3, -0.25) is 0 Å². The summed E-state index contributed by atoms with van der Waals surface area (Å²) < 4.78 is 2.09. The quantitative estimate of drug-likeness (QED) is 0.908. The fourth-order valence-electron chi connectivity index (χ4n) is 2.49. The number of hydrogen-bond acceptors (Lipinski definition) is 3. The van der Waals surface area contributed by atoms with Gasteiger partial charge < -0.3 is 10.3 Å². The largest absolute Gasteiger partial charge is 0.383 e. The maximum Gasteiger partial charge on any atom is 0.132 e. The van der Waals surface area contributed by atoms with Crippen LogP contribution in [0.5, 0.6) is 0 Å². The number of hydrogen-bond donors (Lipinski definition) is 1. The van der Waals surface area contributed by atoms with Crippen LogP contribution in [0.1, 0.15) is 51.9 Å². The zero-order valence-corrected chi connectivity index (χ0v) is 13.3. The normalized spacial score (nSPS) is 11.7. The van der Waals surface area contributed by atoms with Crippen LogP contribution >= 0.6 is 0 Å². The van der Waals surface area contributed by atoms with E-state index in [2.05, 4.69) is 45.3 Å². The molecule has 2 N–H and O–H groups in total. The molecular weight excluding hydrogens is 260 g/mol. The zero-order chi connectivity index (χ0) is 15.8. The van der Waals surface area contributed by atoms with Crippen LogP contribution in [0, 0.1) is 11.3 Å². The molecule has 0 amide bonds. The van der Waals surface area contributed by atoms with E-state index in [1.165, 1.54) is 0 Å². The molecule has 1 heterocycles. The van der Waals surface area contributed by atoms with E-state index in [-0.39, 0.29) is 11.5 Å². The zero-order valence-electron chi connectivity index (χ0n) is 13.3. The average Bonchev–Trinajstić information content (AvgIpc) is 2.76. The van der Waals surface area contributed by atoms with E-state index in [1.807, 2.05) is 18.2 Å². The fraction of sp³-hybridized carbons (Fsp3) is 0.412. The third-order valence-electron chi connectivity index (χ3n) is 3.39. The van der Waals surface area contributed by atoms with E-state index in [4.69, 9.17) is 16.0 Å². The molecule has 0 atom stereocenters. The highest BCUT2D eigenvalue weighted by Crippen LogP contribution is 2.34. The molecule has 0 radical (unpaired) electrons. The maximum atomic E-state index is 9.05. The number of imidazole rings is 1. The molecule has 110 valence electrons. The molecule has 0 fully saturated rings. The van der Waals surface area contributed by atoms with Gasteiger partial charge in [0.05, 0.1) is 11.6 Å². The highest BCUT2D eigenvalue weighted by molar-refractivity contribution is 5.72. The van der Waals surface area contributed by atoms with Crippen LogP contribution in [0.2, 0.25) is 0 Å².